The summed E-state index contributed by atoms with van der Waals surface area (Å²) in [7, 11) is 0. The molecule has 1 fully saturated rings. The Morgan fingerprint density at radius 2 is 1.83 bits per heavy atom. The standard InChI is InChI=1S/C15H19N3/c1-13-2-4-14(5-3-13)17-9-6-15(7-10-17)18-11-8-16-12-18/h2-5,8,11-12,15H,6-7,9-10H2,1H3. The molecule has 18 heavy (non-hydrogen) atoms. The minimum atomic E-state index is 0.620. The number of benzene rings is 1. The number of anilines is 1. The van der Waals surface area contributed by atoms with E-state index in [0.29, 0.717) is 6.04 Å². The third-order valence-electron chi connectivity index (χ3n) is 3.81. The molecule has 0 unspecified atom stereocenters. The molecular formula is C15H19N3. The molecule has 0 amide bonds. The molecule has 1 aromatic heterocycles. The van der Waals surface area contributed by atoms with E-state index in [4.69, 9.17) is 0 Å². The molecule has 0 bridgehead atoms. The van der Waals surface area contributed by atoms with Crippen molar-refractivity contribution in [3.8, 4) is 0 Å². The van der Waals surface area contributed by atoms with Gasteiger partial charge >= 0.3 is 0 Å². The van der Waals surface area contributed by atoms with Crippen LogP contribution in [0.25, 0.3) is 0 Å². The number of piperidine rings is 1. The van der Waals surface area contributed by atoms with Crippen molar-refractivity contribution >= 4 is 5.69 Å². The maximum absolute atomic E-state index is 4.13. The first kappa shape index (κ1) is 11.3. The Kier molecular flexibility index (Phi) is 3.05. The average Bonchev–Trinajstić information content (AvgIpc) is 2.94. The van der Waals surface area contributed by atoms with Crippen LogP contribution in [0.3, 0.4) is 0 Å². The molecule has 1 aliphatic heterocycles. The van der Waals surface area contributed by atoms with Crippen molar-refractivity contribution in [3.05, 3.63) is 48.5 Å². The lowest BCUT2D eigenvalue weighted by Gasteiger charge is -2.34. The molecule has 2 heterocycles. The van der Waals surface area contributed by atoms with Crippen molar-refractivity contribution in [1.82, 2.24) is 9.55 Å². The zero-order valence-corrected chi connectivity index (χ0v) is 10.8. The van der Waals surface area contributed by atoms with Gasteiger partial charge in [0, 0.05) is 37.2 Å². The van der Waals surface area contributed by atoms with Crippen LogP contribution in [0.2, 0.25) is 0 Å². The number of imidazole rings is 1. The highest BCUT2D eigenvalue weighted by molar-refractivity contribution is 5.47. The molecule has 1 saturated heterocycles. The number of hydrogen-bond acceptors (Lipinski definition) is 2. The van der Waals surface area contributed by atoms with Gasteiger partial charge in [0.15, 0.2) is 0 Å². The van der Waals surface area contributed by atoms with Gasteiger partial charge in [0.2, 0.25) is 0 Å². The summed E-state index contributed by atoms with van der Waals surface area (Å²) in [5, 5.41) is 0. The maximum Gasteiger partial charge on any atom is 0.0948 e. The first-order chi connectivity index (χ1) is 8.83. The van der Waals surface area contributed by atoms with Crippen molar-refractivity contribution < 1.29 is 0 Å². The minimum absolute atomic E-state index is 0.620. The van der Waals surface area contributed by atoms with E-state index in [2.05, 4.69) is 51.8 Å². The highest BCUT2D eigenvalue weighted by Crippen LogP contribution is 2.26. The number of rotatable bonds is 2. The molecule has 0 atom stereocenters. The lowest BCUT2D eigenvalue weighted by atomic mass is 10.0. The number of aromatic nitrogens is 2. The third-order valence-corrected chi connectivity index (χ3v) is 3.81. The summed E-state index contributed by atoms with van der Waals surface area (Å²) in [5.41, 5.74) is 2.68. The molecule has 94 valence electrons. The SMILES string of the molecule is Cc1ccc(N2CCC(n3ccnc3)CC2)cc1. The van der Waals surface area contributed by atoms with Gasteiger partial charge in [-0.3, -0.25) is 0 Å². The normalized spacial score (nSPS) is 17.1. The molecule has 2 aromatic rings. The fourth-order valence-corrected chi connectivity index (χ4v) is 2.66. The van der Waals surface area contributed by atoms with E-state index in [1.54, 1.807) is 0 Å². The van der Waals surface area contributed by atoms with Crippen molar-refractivity contribution in [3.63, 3.8) is 0 Å². The summed E-state index contributed by atoms with van der Waals surface area (Å²) in [5.74, 6) is 0. The van der Waals surface area contributed by atoms with Gasteiger partial charge < -0.3 is 9.47 Å². The van der Waals surface area contributed by atoms with Gasteiger partial charge in [0.05, 0.1) is 6.33 Å². The Morgan fingerprint density at radius 3 is 2.44 bits per heavy atom. The molecule has 0 radical (unpaired) electrons. The van der Waals surface area contributed by atoms with Crippen molar-refractivity contribution in [2.45, 2.75) is 25.8 Å². The molecule has 1 aromatic carbocycles. The topological polar surface area (TPSA) is 21.1 Å². The Bertz CT molecular complexity index is 479. The van der Waals surface area contributed by atoms with E-state index >= 15 is 0 Å². The second-order valence-electron chi connectivity index (χ2n) is 5.06. The molecule has 0 N–H and O–H groups in total. The van der Waals surface area contributed by atoms with Crippen molar-refractivity contribution in [2.24, 2.45) is 0 Å². The van der Waals surface area contributed by atoms with E-state index in [-0.39, 0.29) is 0 Å². The van der Waals surface area contributed by atoms with Crippen LogP contribution in [-0.4, -0.2) is 22.6 Å². The zero-order chi connectivity index (χ0) is 12.4. The Morgan fingerprint density at radius 1 is 1.11 bits per heavy atom. The summed E-state index contributed by atoms with van der Waals surface area (Å²) in [4.78, 5) is 6.61. The van der Waals surface area contributed by atoms with Crippen LogP contribution in [0.4, 0.5) is 5.69 Å². The molecule has 0 saturated carbocycles. The molecule has 0 spiro atoms. The lowest BCUT2D eigenvalue weighted by molar-refractivity contribution is 0.396. The fraction of sp³-hybridized carbons (Fsp3) is 0.400. The summed E-state index contributed by atoms with van der Waals surface area (Å²) >= 11 is 0. The monoisotopic (exact) mass is 241 g/mol. The van der Waals surface area contributed by atoms with Crippen LogP contribution in [0.15, 0.2) is 43.0 Å². The van der Waals surface area contributed by atoms with E-state index in [9.17, 15) is 0 Å². The fourth-order valence-electron chi connectivity index (χ4n) is 2.66. The van der Waals surface area contributed by atoms with Crippen molar-refractivity contribution in [1.29, 1.82) is 0 Å². The van der Waals surface area contributed by atoms with Gasteiger partial charge in [-0.25, -0.2) is 4.98 Å². The van der Waals surface area contributed by atoms with Gasteiger partial charge in [0.25, 0.3) is 0 Å². The highest BCUT2D eigenvalue weighted by Gasteiger charge is 2.20. The molecule has 1 aliphatic rings. The summed E-state index contributed by atoms with van der Waals surface area (Å²) in [6.45, 7) is 4.40. The van der Waals surface area contributed by atoms with Gasteiger partial charge in [-0.1, -0.05) is 17.7 Å². The molecule has 3 heteroatoms. The highest BCUT2D eigenvalue weighted by atomic mass is 15.2. The third kappa shape index (κ3) is 2.26. The number of nitrogens with zero attached hydrogens (tertiary/aromatic N) is 3. The van der Waals surface area contributed by atoms with Crippen LogP contribution in [-0.2, 0) is 0 Å². The summed E-state index contributed by atoms with van der Waals surface area (Å²) < 4.78 is 2.24. The van der Waals surface area contributed by atoms with Crippen LogP contribution in [0.5, 0.6) is 0 Å². The average molecular weight is 241 g/mol. The van der Waals surface area contributed by atoms with Gasteiger partial charge in [-0.2, -0.15) is 0 Å². The maximum atomic E-state index is 4.13. The van der Waals surface area contributed by atoms with Gasteiger partial charge in [-0.15, -0.1) is 0 Å². The Balaban J connectivity index is 1.65. The second-order valence-corrected chi connectivity index (χ2v) is 5.06. The quantitative estimate of drug-likeness (QED) is 0.806. The summed E-state index contributed by atoms with van der Waals surface area (Å²) in [6, 6.07) is 9.46. The smallest absolute Gasteiger partial charge is 0.0948 e. The number of aryl methyl sites for hydroxylation is 1. The van der Waals surface area contributed by atoms with Crippen LogP contribution in [0.1, 0.15) is 24.4 Å². The second kappa shape index (κ2) is 4.84. The van der Waals surface area contributed by atoms with Crippen LogP contribution in [0, 0.1) is 6.92 Å². The van der Waals surface area contributed by atoms with Crippen molar-refractivity contribution in [2.75, 3.05) is 18.0 Å². The van der Waals surface area contributed by atoms with Crippen LogP contribution < -0.4 is 4.90 Å². The van der Waals surface area contributed by atoms with Crippen LogP contribution >= 0.6 is 0 Å². The van der Waals surface area contributed by atoms with E-state index in [1.807, 2.05) is 12.5 Å². The summed E-state index contributed by atoms with van der Waals surface area (Å²) in [6.07, 6.45) is 8.28. The lowest BCUT2D eigenvalue weighted by Crippen LogP contribution is -2.34. The zero-order valence-electron chi connectivity index (χ0n) is 10.8. The minimum Gasteiger partial charge on any atom is -0.371 e. The molecular weight excluding hydrogens is 222 g/mol. The first-order valence-electron chi connectivity index (χ1n) is 6.62. The predicted molar refractivity (Wildman–Crippen MR) is 73.9 cm³/mol. The first-order valence-corrected chi connectivity index (χ1v) is 6.62. The molecule has 3 rings (SSSR count). The van der Waals surface area contributed by atoms with E-state index < -0.39 is 0 Å². The predicted octanol–water partition coefficient (Wildman–Crippen LogP) is 3.03. The number of hydrogen-bond donors (Lipinski definition) is 0. The van der Waals surface area contributed by atoms with E-state index in [1.165, 1.54) is 24.1 Å². The Labute approximate surface area is 108 Å². The molecule has 3 nitrogen and oxygen atoms in total. The van der Waals surface area contributed by atoms with Gasteiger partial charge in [0.1, 0.15) is 0 Å². The molecule has 0 aliphatic carbocycles. The largest absolute Gasteiger partial charge is 0.371 e. The van der Waals surface area contributed by atoms with Gasteiger partial charge in [-0.05, 0) is 31.9 Å². The Hall–Kier alpha value is -1.77. The van der Waals surface area contributed by atoms with E-state index in [0.717, 1.165) is 13.1 Å².